The molecule has 32 nitrogen and oxygen atoms in total. The molecule has 0 radical (unpaired) electrons. The van der Waals surface area contributed by atoms with Crippen molar-refractivity contribution in [1.29, 1.82) is 0 Å². The fourth-order valence-electron chi connectivity index (χ4n) is 12.6. The zero-order chi connectivity index (χ0) is 90.7. The topological polar surface area (TPSA) is 482 Å². The molecule has 1 saturated heterocycles. The van der Waals surface area contributed by atoms with Gasteiger partial charge >= 0.3 is 152 Å². The minimum Gasteiger partial charge on any atom is -0.870 e. The van der Waals surface area contributed by atoms with E-state index in [-0.39, 0.29) is 193 Å². The zero-order valence-electron chi connectivity index (χ0n) is 75.5. The number of benzene rings is 5. The first-order valence-electron chi connectivity index (χ1n) is 38.3. The number of aromatic carboxylic acids is 2. The van der Waals surface area contributed by atoms with Crippen molar-refractivity contribution in [3.63, 3.8) is 0 Å². The number of carbonyl (C=O) groups is 8. The summed E-state index contributed by atoms with van der Waals surface area (Å²) in [5.74, 6) is 10.9. The summed E-state index contributed by atoms with van der Waals surface area (Å²) in [7, 11) is 5.79. The number of fused-ring (bicyclic) bond motifs is 4. The van der Waals surface area contributed by atoms with Crippen molar-refractivity contribution in [3.8, 4) is 112 Å². The van der Waals surface area contributed by atoms with E-state index in [9.17, 15) is 48.6 Å². The van der Waals surface area contributed by atoms with Gasteiger partial charge in [0.05, 0.1) is 101 Å². The predicted molar refractivity (Wildman–Crippen MR) is 502 cm³/mol. The summed E-state index contributed by atoms with van der Waals surface area (Å²) >= 11 is 12.4. The zero-order valence-corrected chi connectivity index (χ0v) is 84.2. The van der Waals surface area contributed by atoms with E-state index in [1.165, 1.54) is 65.4 Å². The van der Waals surface area contributed by atoms with Crippen LogP contribution in [0.15, 0.2) is 189 Å². The van der Waals surface area contributed by atoms with E-state index in [0.717, 1.165) is 46.2 Å². The minimum absolute atomic E-state index is 0. The number of nitrogens with zero attached hydrogens (tertiary/aromatic N) is 9. The van der Waals surface area contributed by atoms with Gasteiger partial charge in [0.1, 0.15) is 22.4 Å². The molecule has 0 saturated carbocycles. The second-order valence-corrected chi connectivity index (χ2v) is 30.3. The number of methoxy groups -OCH3 is 4. The Kier molecular flexibility index (Phi) is 46.1. The normalized spacial score (nSPS) is 11.3. The first-order chi connectivity index (χ1) is 60.3. The number of carbonyl (C=O) groups excluding carboxylic acids is 6. The van der Waals surface area contributed by atoms with E-state index >= 15 is 0 Å². The molecule has 0 aliphatic carbocycles. The molecule has 9 heterocycles. The number of hydrogen-bond acceptors (Lipinski definition) is 23. The van der Waals surface area contributed by atoms with Crippen molar-refractivity contribution in [2.24, 2.45) is 0 Å². The van der Waals surface area contributed by atoms with Gasteiger partial charge < -0.3 is 68.1 Å². The molecular weight excluding hydrogens is 1830 g/mol. The molecular formula is C96H89Cl2K2LiN14O18S. The van der Waals surface area contributed by atoms with Crippen LogP contribution < -0.4 is 158 Å². The smallest absolute Gasteiger partial charge is 0.870 e. The monoisotopic (exact) mass is 1910 g/mol. The molecule has 674 valence electrons. The van der Waals surface area contributed by atoms with Gasteiger partial charge in [-0.05, 0) is 152 Å². The third-order valence-electron chi connectivity index (χ3n) is 18.6. The molecule has 11 N–H and O–H groups in total. The van der Waals surface area contributed by atoms with Gasteiger partial charge in [-0.1, -0.05) is 101 Å². The second-order valence-electron chi connectivity index (χ2n) is 29.5. The van der Waals surface area contributed by atoms with E-state index in [4.69, 9.17) is 75.9 Å². The Balaban J connectivity index is 0.000000477. The van der Waals surface area contributed by atoms with Crippen molar-refractivity contribution in [3.05, 3.63) is 268 Å². The standard InChI is InChI=1S/C37H36ClN5O7.C23H22N4O4.C18H12N2O3.C17H9ClN2O2.CH3.2K.Li.H2N.2H2O.H2S/c1-37(2,3)50-36(47)42-41-33(44)26-19-29(40-30-20-32(48-4)39-21-27(26)30)24-13-10-22(11-14-24)9-12-23-15-16-25(18-28(23)38)34(45)43-17-7-6-8-31(43)35(46)49-5;1-6-14-7-9-15(10-8-14)18-11-16(17-13-24-20(30-5)12-19(17)25-18)21(28)26-27-22(29)31-23(2,3)4;1-3-11-4-6-12(7-5-11)15-8-13(18(21)22)14-10-19-17(23-2)9-16(14)20-15;1-2-10-3-5-11(6-4-10)14-7-12(17(21)22)13-9-19-16(18)8-15(13)20-14;;;;;;;;/h10-11,13-16,18-21,31H,6-8,17H2,1-5H3,(H,41,44)(H,42,47);1,7-13H,2-5H3,(H,26,28)(H,27,29);1,4-10H,2H3,(H,21,22);1,3-9H,(H,21,22);1H3;;;;4*1H2/q;;;;-1;3*+1;-1;;;/p-1/t31-;;;;;;;;;;;/m0.........../s1. The van der Waals surface area contributed by atoms with Crippen LogP contribution in [0.25, 0.3) is 94.8 Å². The van der Waals surface area contributed by atoms with E-state index < -0.39 is 59.2 Å². The molecule has 0 unspecified atom stereocenters. The quantitative estimate of drug-likeness (QED) is 0.0128. The number of piperidine rings is 1. The molecule has 1 atom stereocenters. The largest absolute Gasteiger partial charge is 1.00 e. The van der Waals surface area contributed by atoms with Crippen molar-refractivity contribution in [2.75, 3.05) is 35.0 Å². The second kappa shape index (κ2) is 53.2. The molecule has 1 fully saturated rings. The number of halogens is 2. The fourth-order valence-corrected chi connectivity index (χ4v) is 12.9. The minimum atomic E-state index is -1.04. The van der Waals surface area contributed by atoms with Crippen molar-refractivity contribution in [2.45, 2.75) is 78.0 Å². The molecule has 14 rings (SSSR count). The van der Waals surface area contributed by atoms with Crippen LogP contribution in [0, 0.1) is 56.3 Å². The third kappa shape index (κ3) is 30.8. The average molecular weight is 1910 g/mol. The number of nitrogens with one attached hydrogen (secondary N) is 4. The van der Waals surface area contributed by atoms with Gasteiger partial charge in [-0.3, -0.25) is 25.2 Å². The van der Waals surface area contributed by atoms with Crippen LogP contribution in [0.3, 0.4) is 0 Å². The van der Waals surface area contributed by atoms with Crippen LogP contribution in [0.2, 0.25) is 10.2 Å². The number of nitrogens with two attached hydrogens (primary N) is 1. The van der Waals surface area contributed by atoms with Crippen LogP contribution in [0.4, 0.5) is 9.59 Å². The molecule has 1 aliphatic heterocycles. The molecule has 0 spiro atoms. The van der Waals surface area contributed by atoms with Crippen LogP contribution in [0.1, 0.15) is 140 Å². The maximum atomic E-state index is 13.3. The summed E-state index contributed by atoms with van der Waals surface area (Å²) < 4.78 is 30.7. The Morgan fingerprint density at radius 3 is 1.13 bits per heavy atom. The maximum Gasteiger partial charge on any atom is 1.00 e. The summed E-state index contributed by atoms with van der Waals surface area (Å²) in [6.45, 7) is 10.8. The van der Waals surface area contributed by atoms with E-state index in [2.05, 4.69) is 86.2 Å². The Bertz CT molecular complexity index is 6650. The number of likely N-dealkylation sites (tertiary alicyclic amines) is 1. The average Bonchev–Trinajstić information content (AvgIpc) is 0.793. The van der Waals surface area contributed by atoms with E-state index in [0.29, 0.717) is 124 Å². The van der Waals surface area contributed by atoms with Crippen molar-refractivity contribution >= 4 is 128 Å². The molecule has 0 bridgehead atoms. The van der Waals surface area contributed by atoms with Crippen LogP contribution >= 0.6 is 36.7 Å². The molecule has 38 heteroatoms. The number of terminal acetylenes is 3. The van der Waals surface area contributed by atoms with Crippen molar-refractivity contribution < 1.29 is 210 Å². The summed E-state index contributed by atoms with van der Waals surface area (Å²) in [5, 5.41) is 21.3. The Morgan fingerprint density at radius 2 is 0.799 bits per heavy atom. The Morgan fingerprint density at radius 1 is 0.463 bits per heavy atom. The van der Waals surface area contributed by atoms with Crippen molar-refractivity contribution in [1.82, 2.24) is 66.5 Å². The van der Waals surface area contributed by atoms with Crippen LogP contribution in [0.5, 0.6) is 17.6 Å². The summed E-state index contributed by atoms with van der Waals surface area (Å²) in [6.07, 6.45) is 22.6. The van der Waals surface area contributed by atoms with Crippen LogP contribution in [-0.4, -0.2) is 166 Å². The number of aromatic nitrogens is 8. The van der Waals surface area contributed by atoms with E-state index in [1.54, 1.807) is 162 Å². The molecule has 5 aromatic carbocycles. The third-order valence-corrected chi connectivity index (χ3v) is 19.1. The number of carboxylic acid groups (broad SMARTS) is 2. The van der Waals surface area contributed by atoms with Gasteiger partial charge in [-0.25, -0.2) is 74.7 Å². The Hall–Kier alpha value is -12.0. The van der Waals surface area contributed by atoms with Gasteiger partial charge in [0.15, 0.2) is 0 Å². The maximum absolute atomic E-state index is 13.3. The number of pyridine rings is 8. The number of esters is 1. The molecule has 134 heavy (non-hydrogen) atoms. The fraction of sp³-hybridized carbons (Fsp3) is 0.177. The predicted octanol–water partition coefficient (Wildman–Crippen LogP) is 7.06. The molecule has 1 aliphatic rings. The van der Waals surface area contributed by atoms with Gasteiger partial charge in [0.25, 0.3) is 17.7 Å². The van der Waals surface area contributed by atoms with Gasteiger partial charge in [-0.2, -0.15) is 13.5 Å². The number of hydrazine groups is 2. The number of amides is 5. The number of hydrogen-bond donors (Lipinski definition) is 6. The van der Waals surface area contributed by atoms with Gasteiger partial charge in [-0.15, -0.1) is 19.3 Å². The number of ether oxygens (including phenoxy) is 6. The summed E-state index contributed by atoms with van der Waals surface area (Å²) in [6, 6.07) is 45.8. The molecule has 13 aromatic rings. The first kappa shape index (κ1) is 116. The number of carboxylic acids is 2. The summed E-state index contributed by atoms with van der Waals surface area (Å²) in [4.78, 5) is 135. The molecule has 8 aromatic heterocycles. The SMILES string of the molecule is C#Cc1ccc(-c2cc(C(=O)NNC(=O)OC(C)(C)C)c3cnc(OC)cc3n2)cc1.C#Cc1ccc(-c2cc(C(=O)O)c3cnc(Cl)cc3n2)cc1.C#Cc1ccc(-c2cc(C(=O)O)c3cnc(OC)cc3n2)cc1.COC(=O)[C@@H]1CCCCN1C(=O)c1ccc(C#Cc2ccc(-c3cc(C(=O)NNC(=O)OC(C)(C)C)c4cnc(OC)cc4n3)cc2)c(Cl)c1.O.S.[CH3-].[K+].[K+].[Li+].[NH2-].[OH-]. The number of rotatable bonds is 13. The van der Waals surface area contributed by atoms with E-state index in [1.807, 2.05) is 36.4 Å². The Labute approximate surface area is 886 Å². The van der Waals surface area contributed by atoms with Crippen LogP contribution in [-0.2, 0) is 19.0 Å². The molecule has 5 amide bonds. The van der Waals surface area contributed by atoms with Gasteiger partial charge in [0, 0.05) is 133 Å². The first-order valence-corrected chi connectivity index (χ1v) is 39.1. The summed E-state index contributed by atoms with van der Waals surface area (Å²) in [5.41, 5.74) is 19.5. The van der Waals surface area contributed by atoms with Gasteiger partial charge in [0.2, 0.25) is 17.6 Å².